The lowest BCUT2D eigenvalue weighted by atomic mass is 10.1. The molecule has 0 saturated carbocycles. The topological polar surface area (TPSA) is 77.2 Å². The summed E-state index contributed by atoms with van der Waals surface area (Å²) in [5.41, 5.74) is 2.69. The fourth-order valence-corrected chi connectivity index (χ4v) is 2.45. The third-order valence-electron chi connectivity index (χ3n) is 3.79. The minimum atomic E-state index is -0.132. The number of para-hydroxylation sites is 2. The standard InChI is InChI=1S/C20H21N3O3/c1-3-25-17-7-5-4-6-16(17)21-18(24)12-13-19-22-23-20(26-19)15-10-8-14(2)9-11-15/h4-11H,3,12-13H2,1-2H3,(H,21,24). The molecule has 2 aromatic carbocycles. The molecular formula is C20H21N3O3. The Bertz CT molecular complexity index is 872. The fraction of sp³-hybridized carbons (Fsp3) is 0.250. The molecule has 0 radical (unpaired) electrons. The molecule has 1 N–H and O–H groups in total. The van der Waals surface area contributed by atoms with Crippen LogP contribution in [0.1, 0.15) is 24.8 Å². The van der Waals surface area contributed by atoms with Gasteiger partial charge >= 0.3 is 0 Å². The molecule has 0 saturated heterocycles. The summed E-state index contributed by atoms with van der Waals surface area (Å²) in [5, 5.41) is 10.9. The number of nitrogens with one attached hydrogen (secondary N) is 1. The summed E-state index contributed by atoms with van der Waals surface area (Å²) in [7, 11) is 0. The van der Waals surface area contributed by atoms with Crippen LogP contribution in [-0.4, -0.2) is 22.7 Å². The summed E-state index contributed by atoms with van der Waals surface area (Å²) in [6.07, 6.45) is 0.623. The summed E-state index contributed by atoms with van der Waals surface area (Å²) in [6.45, 7) is 4.46. The highest BCUT2D eigenvalue weighted by Crippen LogP contribution is 2.24. The zero-order valence-electron chi connectivity index (χ0n) is 14.9. The van der Waals surface area contributed by atoms with Gasteiger partial charge in [0.2, 0.25) is 17.7 Å². The minimum Gasteiger partial charge on any atom is -0.492 e. The van der Waals surface area contributed by atoms with Gasteiger partial charge in [-0.05, 0) is 38.1 Å². The van der Waals surface area contributed by atoms with Gasteiger partial charge in [-0.25, -0.2) is 0 Å². The SMILES string of the molecule is CCOc1ccccc1NC(=O)CCc1nnc(-c2ccc(C)cc2)o1. The van der Waals surface area contributed by atoms with Crippen LogP contribution in [0.25, 0.3) is 11.5 Å². The van der Waals surface area contributed by atoms with Gasteiger partial charge in [0.05, 0.1) is 12.3 Å². The Morgan fingerprint density at radius 3 is 2.65 bits per heavy atom. The normalized spacial score (nSPS) is 10.5. The van der Waals surface area contributed by atoms with Crippen LogP contribution in [0.4, 0.5) is 5.69 Å². The number of ether oxygens (including phenoxy) is 1. The smallest absolute Gasteiger partial charge is 0.247 e. The number of amides is 1. The van der Waals surface area contributed by atoms with Gasteiger partial charge < -0.3 is 14.5 Å². The van der Waals surface area contributed by atoms with Crippen LogP contribution >= 0.6 is 0 Å². The first-order valence-electron chi connectivity index (χ1n) is 8.57. The average molecular weight is 351 g/mol. The lowest BCUT2D eigenvalue weighted by Crippen LogP contribution is -2.13. The number of benzene rings is 2. The number of hydrogen-bond donors (Lipinski definition) is 1. The highest BCUT2D eigenvalue weighted by atomic mass is 16.5. The number of aryl methyl sites for hydroxylation is 2. The summed E-state index contributed by atoms with van der Waals surface area (Å²) in [5.74, 6) is 1.42. The number of carbonyl (C=O) groups is 1. The van der Waals surface area contributed by atoms with Gasteiger partial charge in [0.25, 0.3) is 0 Å². The molecular weight excluding hydrogens is 330 g/mol. The lowest BCUT2D eigenvalue weighted by molar-refractivity contribution is -0.116. The molecule has 1 heterocycles. The zero-order chi connectivity index (χ0) is 18.4. The second-order valence-electron chi connectivity index (χ2n) is 5.84. The van der Waals surface area contributed by atoms with Gasteiger partial charge in [0, 0.05) is 18.4 Å². The van der Waals surface area contributed by atoms with E-state index in [2.05, 4.69) is 15.5 Å². The Labute approximate surface area is 152 Å². The predicted octanol–water partition coefficient (Wildman–Crippen LogP) is 4.02. The van der Waals surface area contributed by atoms with E-state index in [1.54, 1.807) is 0 Å². The first-order chi connectivity index (χ1) is 12.7. The van der Waals surface area contributed by atoms with Crippen LogP contribution in [0, 0.1) is 6.92 Å². The van der Waals surface area contributed by atoms with Crippen molar-refractivity contribution in [3.63, 3.8) is 0 Å². The monoisotopic (exact) mass is 351 g/mol. The Hall–Kier alpha value is -3.15. The third kappa shape index (κ3) is 4.47. The molecule has 1 amide bonds. The van der Waals surface area contributed by atoms with Crippen molar-refractivity contribution >= 4 is 11.6 Å². The third-order valence-corrected chi connectivity index (χ3v) is 3.79. The summed E-state index contributed by atoms with van der Waals surface area (Å²) in [4.78, 5) is 12.2. The maximum absolute atomic E-state index is 12.2. The number of hydrogen-bond acceptors (Lipinski definition) is 5. The van der Waals surface area contributed by atoms with Crippen LogP contribution in [0.3, 0.4) is 0 Å². The molecule has 1 aromatic heterocycles. The molecule has 0 atom stereocenters. The maximum Gasteiger partial charge on any atom is 0.247 e. The van der Waals surface area contributed by atoms with E-state index < -0.39 is 0 Å². The van der Waals surface area contributed by atoms with Crippen LogP contribution in [0.15, 0.2) is 52.9 Å². The Kier molecular flexibility index (Phi) is 5.63. The van der Waals surface area contributed by atoms with Gasteiger partial charge in [0.15, 0.2) is 0 Å². The van der Waals surface area contributed by atoms with Crippen molar-refractivity contribution in [2.24, 2.45) is 0 Å². The van der Waals surface area contributed by atoms with E-state index in [1.165, 1.54) is 0 Å². The molecule has 134 valence electrons. The van der Waals surface area contributed by atoms with Crippen molar-refractivity contribution in [2.45, 2.75) is 26.7 Å². The van der Waals surface area contributed by atoms with Crippen LogP contribution in [0.2, 0.25) is 0 Å². The second-order valence-corrected chi connectivity index (χ2v) is 5.84. The maximum atomic E-state index is 12.2. The Morgan fingerprint density at radius 2 is 1.88 bits per heavy atom. The lowest BCUT2D eigenvalue weighted by Gasteiger charge is -2.10. The molecule has 6 heteroatoms. The molecule has 0 aliphatic rings. The van der Waals surface area contributed by atoms with Crippen LogP contribution in [-0.2, 0) is 11.2 Å². The first-order valence-corrected chi connectivity index (χ1v) is 8.57. The molecule has 3 rings (SSSR count). The second kappa shape index (κ2) is 8.29. The quantitative estimate of drug-likeness (QED) is 0.696. The van der Waals surface area contributed by atoms with Crippen molar-refractivity contribution in [3.05, 3.63) is 60.0 Å². The number of rotatable bonds is 7. The van der Waals surface area contributed by atoms with Gasteiger partial charge in [0.1, 0.15) is 5.75 Å². The number of aromatic nitrogens is 2. The summed E-state index contributed by atoms with van der Waals surface area (Å²) < 4.78 is 11.2. The van der Waals surface area contributed by atoms with E-state index in [4.69, 9.17) is 9.15 Å². The van der Waals surface area contributed by atoms with Gasteiger partial charge in [-0.3, -0.25) is 4.79 Å². The van der Waals surface area contributed by atoms with Crippen molar-refractivity contribution in [1.82, 2.24) is 10.2 Å². The Balaban J connectivity index is 1.58. The fourth-order valence-electron chi connectivity index (χ4n) is 2.45. The van der Waals surface area contributed by atoms with Crippen molar-refractivity contribution in [1.29, 1.82) is 0 Å². The predicted molar refractivity (Wildman–Crippen MR) is 99.0 cm³/mol. The highest BCUT2D eigenvalue weighted by Gasteiger charge is 2.12. The zero-order valence-corrected chi connectivity index (χ0v) is 14.9. The van der Waals surface area contributed by atoms with Gasteiger partial charge in [-0.1, -0.05) is 29.8 Å². The molecule has 6 nitrogen and oxygen atoms in total. The van der Waals surface area contributed by atoms with E-state index in [-0.39, 0.29) is 12.3 Å². The molecule has 0 bridgehead atoms. The summed E-state index contributed by atoms with van der Waals surface area (Å²) in [6, 6.07) is 15.2. The first kappa shape index (κ1) is 17.7. The van der Waals surface area contributed by atoms with Crippen LogP contribution in [0.5, 0.6) is 5.75 Å². The minimum absolute atomic E-state index is 0.132. The molecule has 0 unspecified atom stereocenters. The van der Waals surface area contributed by atoms with Crippen LogP contribution < -0.4 is 10.1 Å². The van der Waals surface area contributed by atoms with E-state index in [9.17, 15) is 4.79 Å². The average Bonchev–Trinajstić information content (AvgIpc) is 3.11. The molecule has 3 aromatic rings. The molecule has 26 heavy (non-hydrogen) atoms. The van der Waals surface area contributed by atoms with E-state index in [1.807, 2.05) is 62.4 Å². The number of nitrogens with zero attached hydrogens (tertiary/aromatic N) is 2. The van der Waals surface area contributed by atoms with Crippen molar-refractivity contribution in [3.8, 4) is 17.2 Å². The highest BCUT2D eigenvalue weighted by molar-refractivity contribution is 5.92. The molecule has 0 fully saturated rings. The summed E-state index contributed by atoms with van der Waals surface area (Å²) >= 11 is 0. The molecule has 0 aliphatic heterocycles. The largest absolute Gasteiger partial charge is 0.492 e. The number of anilines is 1. The molecule has 0 spiro atoms. The van der Waals surface area contributed by atoms with Crippen molar-refractivity contribution < 1.29 is 13.9 Å². The van der Waals surface area contributed by atoms with Gasteiger partial charge in [-0.15, -0.1) is 10.2 Å². The van der Waals surface area contributed by atoms with Gasteiger partial charge in [-0.2, -0.15) is 0 Å². The van der Waals surface area contributed by atoms with Crippen molar-refractivity contribution in [2.75, 3.05) is 11.9 Å². The number of carbonyl (C=O) groups excluding carboxylic acids is 1. The Morgan fingerprint density at radius 1 is 1.12 bits per heavy atom. The van der Waals surface area contributed by atoms with E-state index >= 15 is 0 Å². The molecule has 0 aliphatic carbocycles. The van der Waals surface area contributed by atoms with E-state index in [0.29, 0.717) is 36.2 Å². The van der Waals surface area contributed by atoms with E-state index in [0.717, 1.165) is 11.1 Å².